The number of aromatic nitrogens is 2. The number of benzene rings is 3. The first kappa shape index (κ1) is 17.9. The highest BCUT2D eigenvalue weighted by atomic mass is 79.9. The lowest BCUT2D eigenvalue weighted by atomic mass is 10.1. The van der Waals surface area contributed by atoms with Gasteiger partial charge in [-0.2, -0.15) is 0 Å². The van der Waals surface area contributed by atoms with Gasteiger partial charge in [-0.25, -0.2) is 9.13 Å². The van der Waals surface area contributed by atoms with E-state index in [1.807, 2.05) is 77.6 Å². The smallest absolute Gasteiger partial charge is 0.245 e. The zero-order chi connectivity index (χ0) is 19.8. The van der Waals surface area contributed by atoms with E-state index in [0.717, 1.165) is 32.2 Å². The summed E-state index contributed by atoms with van der Waals surface area (Å²) in [5.41, 5.74) is 3.68. The van der Waals surface area contributed by atoms with E-state index in [1.54, 1.807) is 0 Å². The molecule has 2 aromatic heterocycles. The molecule has 0 saturated carbocycles. The van der Waals surface area contributed by atoms with Crippen molar-refractivity contribution < 1.29 is 13.8 Å². The first-order chi connectivity index (χ1) is 14.2. The number of carbonyl (C=O) groups excluding carboxylic acids is 1. The Bertz CT molecular complexity index is 1300. The van der Waals surface area contributed by atoms with E-state index < -0.39 is 0 Å². The van der Waals surface area contributed by atoms with E-state index in [9.17, 15) is 4.79 Å². The lowest BCUT2D eigenvalue weighted by Gasteiger charge is -1.99. The average Bonchev–Trinajstić information content (AvgIpc) is 3.30. The number of rotatable bonds is 5. The number of hydrogen-bond donors (Lipinski definition) is 0. The molecule has 0 atom stereocenters. The highest BCUT2D eigenvalue weighted by Gasteiger charge is 2.19. The molecule has 0 aliphatic rings. The first-order valence-corrected chi connectivity index (χ1v) is 10.2. The topological polar surface area (TPSA) is 39.0 Å². The minimum atomic E-state index is 0.0779. The lowest BCUT2D eigenvalue weighted by Crippen LogP contribution is -2.36. The van der Waals surface area contributed by atoms with Crippen LogP contribution in [0.25, 0.3) is 22.0 Å². The summed E-state index contributed by atoms with van der Waals surface area (Å²) in [6.45, 7) is 0.893. The third kappa shape index (κ3) is 3.49. The Morgan fingerprint density at radius 3 is 2.55 bits per heavy atom. The van der Waals surface area contributed by atoms with Crippen molar-refractivity contribution in [1.29, 1.82) is 0 Å². The zero-order valence-electron chi connectivity index (χ0n) is 15.6. The van der Waals surface area contributed by atoms with E-state index in [4.69, 9.17) is 4.42 Å². The van der Waals surface area contributed by atoms with Gasteiger partial charge in [0, 0.05) is 15.4 Å². The summed E-state index contributed by atoms with van der Waals surface area (Å²) < 4.78 is 11.1. The summed E-state index contributed by atoms with van der Waals surface area (Å²) in [5.74, 6) is 0.965. The number of imidazole rings is 1. The van der Waals surface area contributed by atoms with Crippen LogP contribution in [0.2, 0.25) is 0 Å². The van der Waals surface area contributed by atoms with Crippen molar-refractivity contribution in [1.82, 2.24) is 4.57 Å². The Morgan fingerprint density at radius 2 is 1.72 bits per heavy atom. The summed E-state index contributed by atoms with van der Waals surface area (Å²) in [4.78, 5) is 12.8. The molecular formula is C24H18BrN2O2+. The van der Waals surface area contributed by atoms with Gasteiger partial charge in [-0.3, -0.25) is 4.79 Å². The van der Waals surface area contributed by atoms with Gasteiger partial charge in [0.05, 0.1) is 0 Å². The second-order valence-electron chi connectivity index (χ2n) is 7.04. The van der Waals surface area contributed by atoms with Gasteiger partial charge in [0.1, 0.15) is 17.9 Å². The van der Waals surface area contributed by atoms with Crippen LogP contribution in [-0.2, 0) is 13.1 Å². The lowest BCUT2D eigenvalue weighted by molar-refractivity contribution is -0.657. The van der Waals surface area contributed by atoms with Crippen LogP contribution in [0.5, 0.6) is 0 Å². The standard InChI is InChI=1S/C24H18BrN2O2/c25-19-11-9-17(10-12-19)23(28)15-27-16-26(21-6-2-3-7-22(21)27)14-20-13-18-5-1-4-8-24(18)29-20/h1-13,16H,14-15H2/q+1. The van der Waals surface area contributed by atoms with Crippen LogP contribution >= 0.6 is 15.9 Å². The van der Waals surface area contributed by atoms with Gasteiger partial charge >= 0.3 is 0 Å². The highest BCUT2D eigenvalue weighted by molar-refractivity contribution is 9.10. The zero-order valence-corrected chi connectivity index (χ0v) is 17.2. The number of hydrogen-bond acceptors (Lipinski definition) is 2. The maximum atomic E-state index is 12.8. The molecule has 0 amide bonds. The summed E-state index contributed by atoms with van der Waals surface area (Å²) in [6.07, 6.45) is 1.99. The van der Waals surface area contributed by atoms with Gasteiger partial charge in [0.2, 0.25) is 12.1 Å². The van der Waals surface area contributed by atoms with Gasteiger partial charge in [0.25, 0.3) is 0 Å². The molecule has 0 aliphatic heterocycles. The average molecular weight is 446 g/mol. The second-order valence-corrected chi connectivity index (χ2v) is 7.96. The van der Waals surface area contributed by atoms with Crippen LogP contribution in [0.15, 0.2) is 94.1 Å². The normalized spacial score (nSPS) is 11.3. The number of furan rings is 1. The molecule has 0 N–H and O–H groups in total. The predicted octanol–water partition coefficient (Wildman–Crippen LogP) is 5.37. The van der Waals surface area contributed by atoms with Crippen molar-refractivity contribution in [3.63, 3.8) is 0 Å². The van der Waals surface area contributed by atoms with Gasteiger partial charge in [-0.05, 0) is 36.4 Å². The molecule has 0 bridgehead atoms. The van der Waals surface area contributed by atoms with E-state index in [2.05, 4.69) is 32.6 Å². The third-order valence-corrected chi connectivity index (χ3v) is 5.59. The largest absolute Gasteiger partial charge is 0.457 e. The molecule has 0 unspecified atom stereocenters. The summed E-state index contributed by atoms with van der Waals surface area (Å²) in [6, 6.07) is 25.7. The molecule has 4 nitrogen and oxygen atoms in total. The molecule has 0 radical (unpaired) electrons. The first-order valence-electron chi connectivity index (χ1n) is 9.41. The van der Waals surface area contributed by atoms with Crippen molar-refractivity contribution in [2.75, 3.05) is 0 Å². The minimum Gasteiger partial charge on any atom is -0.457 e. The van der Waals surface area contributed by atoms with Crippen molar-refractivity contribution in [2.24, 2.45) is 0 Å². The predicted molar refractivity (Wildman–Crippen MR) is 116 cm³/mol. The molecule has 5 aromatic rings. The van der Waals surface area contributed by atoms with Gasteiger partial charge < -0.3 is 4.42 Å². The Kier molecular flexibility index (Phi) is 4.52. The Morgan fingerprint density at radius 1 is 0.966 bits per heavy atom. The van der Waals surface area contributed by atoms with Gasteiger partial charge in [-0.1, -0.05) is 58.4 Å². The minimum absolute atomic E-state index is 0.0779. The summed E-state index contributed by atoms with van der Waals surface area (Å²) >= 11 is 3.41. The van der Waals surface area contributed by atoms with Crippen LogP contribution in [0.3, 0.4) is 0 Å². The molecule has 142 valence electrons. The Balaban J connectivity index is 1.49. The molecule has 0 aliphatic carbocycles. The van der Waals surface area contributed by atoms with Gasteiger partial charge in [-0.15, -0.1) is 0 Å². The SMILES string of the molecule is O=C(C[n+]1cn(Cc2cc3ccccc3o2)c2ccccc21)c1ccc(Br)cc1. The number of nitrogens with zero attached hydrogens (tertiary/aromatic N) is 2. The fourth-order valence-corrected chi connectivity index (χ4v) is 3.92. The Hall–Kier alpha value is -3.18. The number of carbonyl (C=O) groups is 1. The molecule has 29 heavy (non-hydrogen) atoms. The molecule has 5 heteroatoms. The van der Waals surface area contributed by atoms with Gasteiger partial charge in [0.15, 0.2) is 17.6 Å². The summed E-state index contributed by atoms with van der Waals surface area (Å²) in [5, 5.41) is 1.09. The Labute approximate surface area is 176 Å². The number of halogens is 1. The van der Waals surface area contributed by atoms with Crippen molar-refractivity contribution >= 4 is 43.7 Å². The quantitative estimate of drug-likeness (QED) is 0.269. The number of Topliss-reactive ketones (excluding diaryl/α,β-unsaturated/α-hetero) is 1. The molecule has 0 spiro atoms. The number of fused-ring (bicyclic) bond motifs is 2. The molecular weight excluding hydrogens is 428 g/mol. The second kappa shape index (κ2) is 7.33. The van der Waals surface area contributed by atoms with Crippen molar-refractivity contribution in [2.45, 2.75) is 13.1 Å². The summed E-state index contributed by atoms with van der Waals surface area (Å²) in [7, 11) is 0. The number of ketones is 1. The molecule has 0 fully saturated rings. The maximum absolute atomic E-state index is 12.8. The van der Waals surface area contributed by atoms with Crippen molar-refractivity contribution in [3.8, 4) is 0 Å². The van der Waals surface area contributed by atoms with E-state index in [0.29, 0.717) is 12.1 Å². The fraction of sp³-hybridized carbons (Fsp3) is 0.0833. The van der Waals surface area contributed by atoms with Crippen LogP contribution in [0.4, 0.5) is 0 Å². The fourth-order valence-electron chi connectivity index (χ4n) is 3.66. The monoisotopic (exact) mass is 445 g/mol. The van der Waals surface area contributed by atoms with Crippen LogP contribution in [-0.4, -0.2) is 10.4 Å². The van der Waals surface area contributed by atoms with Crippen LogP contribution in [0.1, 0.15) is 16.1 Å². The maximum Gasteiger partial charge on any atom is 0.245 e. The number of para-hydroxylation sites is 3. The van der Waals surface area contributed by atoms with E-state index in [1.165, 1.54) is 0 Å². The molecule has 2 heterocycles. The highest BCUT2D eigenvalue weighted by Crippen LogP contribution is 2.21. The molecule has 3 aromatic carbocycles. The molecule has 5 rings (SSSR count). The van der Waals surface area contributed by atoms with E-state index in [-0.39, 0.29) is 12.3 Å². The van der Waals surface area contributed by atoms with E-state index >= 15 is 0 Å². The van der Waals surface area contributed by atoms with Crippen molar-refractivity contribution in [3.05, 3.63) is 101 Å². The molecule has 0 saturated heterocycles. The van der Waals surface area contributed by atoms with Crippen LogP contribution < -0.4 is 4.57 Å². The van der Waals surface area contributed by atoms with Crippen LogP contribution in [0, 0.1) is 0 Å². The third-order valence-electron chi connectivity index (χ3n) is 5.06.